The van der Waals surface area contributed by atoms with Crippen molar-refractivity contribution in [2.75, 3.05) is 11.5 Å². The molecule has 0 saturated heterocycles. The third kappa shape index (κ3) is 8.22. The number of fused-ring (bicyclic) bond motifs is 6. The largest absolute Gasteiger partial charge is 0.382 e. The molecule has 2 amide bonds. The van der Waals surface area contributed by atoms with Gasteiger partial charge in [-0.3, -0.25) is 9.59 Å². The molecule has 0 unspecified atom stereocenters. The van der Waals surface area contributed by atoms with Crippen molar-refractivity contribution in [2.45, 2.75) is 103 Å². The van der Waals surface area contributed by atoms with Crippen molar-refractivity contribution >= 4 is 67.3 Å². The normalized spacial score (nSPS) is 12.0. The fourth-order valence-electron chi connectivity index (χ4n) is 9.15. The number of anilines is 2. The number of aryl methyl sites for hydroxylation is 2. The van der Waals surface area contributed by atoms with E-state index in [-0.39, 0.29) is 12.8 Å². The number of unbranched alkanes of at least 4 members (excludes halogenated alkanes) is 2. The summed E-state index contributed by atoms with van der Waals surface area (Å²) in [7, 11) is 0. The summed E-state index contributed by atoms with van der Waals surface area (Å²) in [5.41, 5.74) is 45.8. The highest BCUT2D eigenvalue weighted by Crippen LogP contribution is 2.42. The summed E-state index contributed by atoms with van der Waals surface area (Å²) in [5.74, 6) is 1.38. The molecule has 14 heteroatoms. The number of nitrogens with zero attached hydrogens (tertiary/aromatic N) is 6. The Hall–Kier alpha value is -6.90. The first kappa shape index (κ1) is 43.7. The zero-order valence-electron chi connectivity index (χ0n) is 36.7. The minimum Gasteiger partial charge on any atom is -0.382 e. The van der Waals surface area contributed by atoms with Gasteiger partial charge in [0.15, 0.2) is 11.6 Å². The standard InChI is InChI=1S/C50H58N12O2/c1-3-5-9-41-59-43-45(61(41)28-32-15-11-30(26-51)12-16-32)36-24-34(19-21-38(36)57-47(43)54)50(49(56)64,23-7-8-40(53)63)35-20-22-39-37(25-35)46-44(48(55)58-39)60-42(10-6-4-2)62(46)29-33-17-13-31(27-52)14-18-33/h11-22,24-25H,3-10,23,26-29,51-52H2,1-2H3,(H2,53,63)(H2,54,57)(H2,55,58)(H2,56,64). The van der Waals surface area contributed by atoms with Crippen LogP contribution in [-0.4, -0.2) is 40.9 Å². The molecule has 12 N–H and O–H groups in total. The van der Waals surface area contributed by atoms with Gasteiger partial charge in [0.25, 0.3) is 0 Å². The van der Waals surface area contributed by atoms with E-state index in [0.717, 1.165) is 94.2 Å². The number of carbonyl (C=O) groups is 2. The van der Waals surface area contributed by atoms with E-state index in [1.165, 1.54) is 0 Å². The van der Waals surface area contributed by atoms with Crippen LogP contribution in [0.4, 0.5) is 11.6 Å². The Kier molecular flexibility index (Phi) is 12.6. The smallest absolute Gasteiger partial charge is 0.232 e. The lowest BCUT2D eigenvalue weighted by Crippen LogP contribution is -2.42. The van der Waals surface area contributed by atoms with E-state index in [1.54, 1.807) is 0 Å². The van der Waals surface area contributed by atoms with Crippen molar-refractivity contribution in [2.24, 2.45) is 22.9 Å². The highest BCUT2D eigenvalue weighted by Gasteiger charge is 2.41. The van der Waals surface area contributed by atoms with Crippen molar-refractivity contribution in [1.82, 2.24) is 29.1 Å². The van der Waals surface area contributed by atoms with Gasteiger partial charge in [0.2, 0.25) is 11.8 Å². The van der Waals surface area contributed by atoms with Gasteiger partial charge in [-0.05, 0) is 83.3 Å². The number of primary amides is 2. The SMILES string of the molecule is CCCCc1nc2c(N)nc3ccc(C(CCCC(N)=O)(C(N)=O)c4ccc5nc(N)c6nc(CCCC)n(Cc7ccc(CN)cc7)c6c5c4)cc3c2n1Cc1ccc(CN)cc1. The van der Waals surface area contributed by atoms with Crippen molar-refractivity contribution in [3.05, 3.63) is 130 Å². The van der Waals surface area contributed by atoms with Crippen molar-refractivity contribution < 1.29 is 9.59 Å². The topological polar surface area (TPSA) is 252 Å². The van der Waals surface area contributed by atoms with Gasteiger partial charge in [-0.15, -0.1) is 0 Å². The van der Waals surface area contributed by atoms with Crippen LogP contribution in [-0.2, 0) is 54.0 Å². The molecule has 0 atom stereocenters. The molecule has 4 aromatic heterocycles. The average Bonchev–Trinajstić information content (AvgIpc) is 3.85. The molecular weight excluding hydrogens is 801 g/mol. The molecule has 0 aliphatic heterocycles. The molecule has 4 aromatic carbocycles. The number of carbonyl (C=O) groups excluding carboxylic acids is 2. The number of nitrogen functional groups attached to an aromatic ring is 2. The highest BCUT2D eigenvalue weighted by molar-refractivity contribution is 6.09. The molecule has 0 spiro atoms. The molecule has 64 heavy (non-hydrogen) atoms. The van der Waals surface area contributed by atoms with Gasteiger partial charge in [0.05, 0.1) is 27.5 Å². The second kappa shape index (κ2) is 18.4. The van der Waals surface area contributed by atoms with E-state index in [0.29, 0.717) is 77.4 Å². The lowest BCUT2D eigenvalue weighted by Gasteiger charge is -2.32. The summed E-state index contributed by atoms with van der Waals surface area (Å²) in [5, 5.41) is 1.54. The minimum absolute atomic E-state index is 0.0634. The van der Waals surface area contributed by atoms with Crippen LogP contribution < -0.4 is 34.4 Å². The van der Waals surface area contributed by atoms with Gasteiger partial charge in [-0.1, -0.05) is 87.4 Å². The summed E-state index contributed by atoms with van der Waals surface area (Å²) in [6.45, 7) is 6.28. The number of amides is 2. The first-order valence-electron chi connectivity index (χ1n) is 22.3. The molecule has 0 radical (unpaired) electrons. The Morgan fingerprint density at radius 1 is 0.578 bits per heavy atom. The summed E-state index contributed by atoms with van der Waals surface area (Å²) in [6, 6.07) is 28.0. The molecular formula is C50H58N12O2. The molecule has 14 nitrogen and oxygen atoms in total. The monoisotopic (exact) mass is 858 g/mol. The van der Waals surface area contributed by atoms with E-state index >= 15 is 0 Å². The van der Waals surface area contributed by atoms with E-state index in [4.69, 9.17) is 54.3 Å². The molecule has 8 aromatic rings. The lowest BCUT2D eigenvalue weighted by atomic mass is 9.70. The molecule has 0 aliphatic carbocycles. The van der Waals surface area contributed by atoms with Gasteiger partial charge in [-0.2, -0.15) is 0 Å². The lowest BCUT2D eigenvalue weighted by molar-refractivity contribution is -0.123. The van der Waals surface area contributed by atoms with Crippen LogP contribution in [0.2, 0.25) is 0 Å². The number of aromatic nitrogens is 6. The number of imidazole rings is 2. The second-order valence-corrected chi connectivity index (χ2v) is 16.9. The van der Waals surface area contributed by atoms with Crippen LogP contribution in [0.25, 0.3) is 43.9 Å². The molecule has 0 saturated carbocycles. The van der Waals surface area contributed by atoms with Gasteiger partial charge in [0, 0.05) is 56.2 Å². The minimum atomic E-state index is -1.43. The van der Waals surface area contributed by atoms with E-state index in [1.807, 2.05) is 60.7 Å². The zero-order chi connectivity index (χ0) is 45.1. The zero-order valence-corrected chi connectivity index (χ0v) is 36.7. The maximum Gasteiger partial charge on any atom is 0.232 e. The number of pyridine rings is 2. The average molecular weight is 859 g/mol. The molecule has 8 rings (SSSR count). The number of hydrogen-bond donors (Lipinski definition) is 6. The van der Waals surface area contributed by atoms with Crippen molar-refractivity contribution in [3.63, 3.8) is 0 Å². The van der Waals surface area contributed by atoms with Crippen LogP contribution in [0.5, 0.6) is 0 Å². The molecule has 0 fully saturated rings. The Bertz CT molecular complexity index is 2820. The van der Waals surface area contributed by atoms with Crippen LogP contribution in [0.15, 0.2) is 84.9 Å². The number of rotatable bonds is 19. The van der Waals surface area contributed by atoms with Gasteiger partial charge in [-0.25, -0.2) is 19.9 Å². The third-order valence-corrected chi connectivity index (χ3v) is 12.7. The first-order chi connectivity index (χ1) is 31.0. The maximum absolute atomic E-state index is 14.6. The van der Waals surface area contributed by atoms with E-state index in [2.05, 4.69) is 47.2 Å². The third-order valence-electron chi connectivity index (χ3n) is 12.7. The van der Waals surface area contributed by atoms with Crippen molar-refractivity contribution in [3.8, 4) is 0 Å². The molecule has 330 valence electrons. The predicted octanol–water partition coefficient (Wildman–Crippen LogP) is 6.77. The van der Waals surface area contributed by atoms with Crippen LogP contribution >= 0.6 is 0 Å². The fraction of sp³-hybridized carbons (Fsp3) is 0.320. The Labute approximate surface area is 372 Å². The van der Waals surface area contributed by atoms with Gasteiger partial charge in [0.1, 0.15) is 22.7 Å². The number of benzene rings is 4. The van der Waals surface area contributed by atoms with Crippen LogP contribution in [0.3, 0.4) is 0 Å². The summed E-state index contributed by atoms with van der Waals surface area (Å²) in [4.78, 5) is 46.7. The van der Waals surface area contributed by atoms with Gasteiger partial charge >= 0.3 is 0 Å². The van der Waals surface area contributed by atoms with Gasteiger partial charge < -0.3 is 43.5 Å². The van der Waals surface area contributed by atoms with Crippen LogP contribution in [0.1, 0.15) is 104 Å². The Balaban J connectivity index is 1.37. The Morgan fingerprint density at radius 2 is 1.00 bits per heavy atom. The number of nitrogens with two attached hydrogens (primary N) is 6. The van der Waals surface area contributed by atoms with Crippen molar-refractivity contribution in [1.29, 1.82) is 0 Å². The number of hydrogen-bond acceptors (Lipinski definition) is 10. The first-order valence-corrected chi connectivity index (χ1v) is 22.3. The molecule has 0 bridgehead atoms. The van der Waals surface area contributed by atoms with E-state index in [9.17, 15) is 9.59 Å². The predicted molar refractivity (Wildman–Crippen MR) is 256 cm³/mol. The summed E-state index contributed by atoms with van der Waals surface area (Å²) in [6.07, 6.45) is 5.89. The second-order valence-electron chi connectivity index (χ2n) is 16.9. The summed E-state index contributed by atoms with van der Waals surface area (Å²) >= 11 is 0. The molecule has 4 heterocycles. The Morgan fingerprint density at radius 3 is 1.38 bits per heavy atom. The highest BCUT2D eigenvalue weighted by atomic mass is 16.1. The summed E-state index contributed by atoms with van der Waals surface area (Å²) < 4.78 is 4.44. The quantitative estimate of drug-likeness (QED) is 0.0498. The fourth-order valence-corrected chi connectivity index (χ4v) is 9.15. The maximum atomic E-state index is 14.6. The molecule has 0 aliphatic rings. The van der Waals surface area contributed by atoms with E-state index < -0.39 is 17.2 Å². The van der Waals surface area contributed by atoms with Crippen LogP contribution in [0, 0.1) is 0 Å².